The van der Waals surface area contributed by atoms with Crippen LogP contribution in [0.4, 0.5) is 5.69 Å². The number of hydrogen-bond donors (Lipinski definition) is 1. The van der Waals surface area contributed by atoms with Gasteiger partial charge in [-0.3, -0.25) is 9.59 Å². The summed E-state index contributed by atoms with van der Waals surface area (Å²) in [4.78, 5) is 26.5. The average molecular weight is 369 g/mol. The van der Waals surface area contributed by atoms with Gasteiger partial charge in [-0.2, -0.15) is 0 Å². The molecule has 1 aliphatic rings. The summed E-state index contributed by atoms with van der Waals surface area (Å²) in [5.74, 6) is -0.0543. The van der Waals surface area contributed by atoms with Crippen molar-refractivity contribution in [3.05, 3.63) is 71.3 Å². The second-order valence-corrected chi connectivity index (χ2v) is 6.78. The van der Waals surface area contributed by atoms with Crippen molar-refractivity contribution < 1.29 is 9.59 Å². The number of benzene rings is 2. The van der Waals surface area contributed by atoms with Gasteiger partial charge in [-0.15, -0.1) is 0 Å². The number of para-hydroxylation sites is 1. The zero-order chi connectivity index (χ0) is 18.4. The summed E-state index contributed by atoms with van der Waals surface area (Å²) in [6.45, 7) is 1.19. The van der Waals surface area contributed by atoms with Gasteiger partial charge in [0.2, 0.25) is 11.8 Å². The van der Waals surface area contributed by atoms with Gasteiger partial charge in [-0.1, -0.05) is 41.9 Å². The monoisotopic (exact) mass is 368 g/mol. The molecule has 1 N–H and O–H groups in total. The first-order valence-corrected chi connectivity index (χ1v) is 9.08. The van der Waals surface area contributed by atoms with Crippen LogP contribution in [0.5, 0.6) is 0 Å². The lowest BCUT2D eigenvalue weighted by Gasteiger charge is -2.30. The van der Waals surface area contributed by atoms with E-state index in [9.17, 15) is 9.59 Å². The molecule has 2 aromatic carbocycles. The van der Waals surface area contributed by atoms with Crippen molar-refractivity contribution in [3.63, 3.8) is 0 Å². The van der Waals surface area contributed by atoms with E-state index < -0.39 is 0 Å². The molecule has 0 saturated carbocycles. The molecule has 0 aromatic heterocycles. The molecule has 1 fully saturated rings. The maximum Gasteiger partial charge on any atom is 0.246 e. The number of piperidine rings is 1. The summed E-state index contributed by atoms with van der Waals surface area (Å²) >= 11 is 5.85. The van der Waals surface area contributed by atoms with Crippen LogP contribution < -0.4 is 5.32 Å². The Labute approximate surface area is 158 Å². The Kier molecular flexibility index (Phi) is 6.08. The number of carbonyl (C=O) groups excluding carboxylic acids is 2. The topological polar surface area (TPSA) is 49.4 Å². The van der Waals surface area contributed by atoms with E-state index in [2.05, 4.69) is 5.32 Å². The molecule has 0 bridgehead atoms. The molecule has 5 heteroatoms. The van der Waals surface area contributed by atoms with Crippen molar-refractivity contribution in [2.75, 3.05) is 18.4 Å². The van der Waals surface area contributed by atoms with E-state index in [4.69, 9.17) is 11.6 Å². The van der Waals surface area contributed by atoms with Crippen LogP contribution in [0.15, 0.2) is 60.7 Å². The Balaban J connectivity index is 1.49. The van der Waals surface area contributed by atoms with Crippen LogP contribution in [0.3, 0.4) is 0 Å². The summed E-state index contributed by atoms with van der Waals surface area (Å²) < 4.78 is 0. The zero-order valence-corrected chi connectivity index (χ0v) is 15.2. The summed E-state index contributed by atoms with van der Waals surface area (Å²) in [6.07, 6.45) is 4.72. The maximum absolute atomic E-state index is 12.3. The first-order chi connectivity index (χ1) is 12.6. The lowest BCUT2D eigenvalue weighted by Crippen LogP contribution is -2.40. The van der Waals surface area contributed by atoms with Gasteiger partial charge in [0.1, 0.15) is 0 Å². The Bertz CT molecular complexity index is 779. The standard InChI is InChI=1S/C21H21ClN2O2/c22-18-9-6-16(7-10-18)8-11-20(25)24-14-12-17(13-15-24)21(26)23-19-4-2-1-3-5-19/h1-11,17H,12-15H2,(H,23,26). The van der Waals surface area contributed by atoms with Crippen LogP contribution in [-0.4, -0.2) is 29.8 Å². The van der Waals surface area contributed by atoms with Crippen LogP contribution in [0.1, 0.15) is 18.4 Å². The number of carbonyl (C=O) groups is 2. The first-order valence-electron chi connectivity index (χ1n) is 8.70. The Hall–Kier alpha value is -2.59. The number of rotatable bonds is 4. The number of nitrogens with one attached hydrogen (secondary N) is 1. The summed E-state index contributed by atoms with van der Waals surface area (Å²) in [5.41, 5.74) is 1.74. The highest BCUT2D eigenvalue weighted by Gasteiger charge is 2.26. The fourth-order valence-electron chi connectivity index (χ4n) is 2.97. The molecule has 3 rings (SSSR count). The third kappa shape index (κ3) is 4.96. The third-order valence-corrected chi connectivity index (χ3v) is 4.76. The van der Waals surface area contributed by atoms with Gasteiger partial charge >= 0.3 is 0 Å². The molecule has 0 spiro atoms. The molecule has 1 aliphatic heterocycles. The molecule has 0 radical (unpaired) electrons. The van der Waals surface area contributed by atoms with Crippen molar-refractivity contribution in [2.24, 2.45) is 5.92 Å². The molecule has 0 atom stereocenters. The number of anilines is 1. The van der Waals surface area contributed by atoms with Crippen molar-refractivity contribution in [2.45, 2.75) is 12.8 Å². The molecule has 1 saturated heterocycles. The normalized spacial score (nSPS) is 15.2. The lowest BCUT2D eigenvalue weighted by molar-refractivity contribution is -0.130. The summed E-state index contributed by atoms with van der Waals surface area (Å²) in [6, 6.07) is 16.8. The third-order valence-electron chi connectivity index (χ3n) is 4.51. The molecule has 1 heterocycles. The predicted octanol–water partition coefficient (Wildman–Crippen LogP) is 4.23. The van der Waals surface area contributed by atoms with Crippen LogP contribution in [0.25, 0.3) is 6.08 Å². The van der Waals surface area contributed by atoms with Crippen LogP contribution in [-0.2, 0) is 9.59 Å². The molecule has 2 aromatic rings. The molecule has 134 valence electrons. The van der Waals surface area contributed by atoms with Crippen molar-refractivity contribution in [1.29, 1.82) is 0 Å². The first kappa shape index (κ1) is 18.2. The summed E-state index contributed by atoms with van der Waals surface area (Å²) in [7, 11) is 0. The second kappa shape index (κ2) is 8.68. The van der Waals surface area contributed by atoms with Gasteiger partial charge < -0.3 is 10.2 Å². The Morgan fingerprint density at radius 2 is 1.65 bits per heavy atom. The fraction of sp³-hybridized carbons (Fsp3) is 0.238. The minimum atomic E-state index is -0.0560. The average Bonchev–Trinajstić information content (AvgIpc) is 2.68. The van der Waals surface area contributed by atoms with Crippen LogP contribution in [0.2, 0.25) is 5.02 Å². The largest absolute Gasteiger partial charge is 0.339 e. The van der Waals surface area contributed by atoms with Gasteiger partial charge in [-0.25, -0.2) is 0 Å². The van der Waals surface area contributed by atoms with Gasteiger partial charge in [0.15, 0.2) is 0 Å². The Morgan fingerprint density at radius 1 is 1.00 bits per heavy atom. The van der Waals surface area contributed by atoms with Crippen molar-refractivity contribution >= 4 is 35.2 Å². The fourth-order valence-corrected chi connectivity index (χ4v) is 3.10. The molecular weight excluding hydrogens is 348 g/mol. The van der Waals surface area contributed by atoms with Gasteiger partial charge in [0.25, 0.3) is 0 Å². The number of halogens is 1. The number of hydrogen-bond acceptors (Lipinski definition) is 2. The van der Waals surface area contributed by atoms with E-state index in [1.165, 1.54) is 0 Å². The van der Waals surface area contributed by atoms with E-state index in [0.717, 1.165) is 11.3 Å². The quantitative estimate of drug-likeness (QED) is 0.821. The number of likely N-dealkylation sites (tertiary alicyclic amines) is 1. The zero-order valence-electron chi connectivity index (χ0n) is 14.4. The van der Waals surface area contributed by atoms with Gasteiger partial charge in [-0.05, 0) is 48.7 Å². The second-order valence-electron chi connectivity index (χ2n) is 6.34. The van der Waals surface area contributed by atoms with Crippen LogP contribution >= 0.6 is 11.6 Å². The van der Waals surface area contributed by atoms with Crippen molar-refractivity contribution in [1.82, 2.24) is 4.90 Å². The Morgan fingerprint density at radius 3 is 2.31 bits per heavy atom. The lowest BCUT2D eigenvalue weighted by atomic mass is 9.95. The number of nitrogens with zero attached hydrogens (tertiary/aromatic N) is 1. The maximum atomic E-state index is 12.3. The van der Waals surface area contributed by atoms with E-state index in [-0.39, 0.29) is 17.7 Å². The summed E-state index contributed by atoms with van der Waals surface area (Å²) in [5, 5.41) is 3.61. The van der Waals surface area contributed by atoms with E-state index in [1.54, 1.807) is 29.2 Å². The van der Waals surface area contributed by atoms with E-state index in [1.807, 2.05) is 42.5 Å². The highest BCUT2D eigenvalue weighted by Crippen LogP contribution is 2.20. The predicted molar refractivity (Wildman–Crippen MR) is 105 cm³/mol. The molecule has 4 nitrogen and oxygen atoms in total. The molecule has 0 aliphatic carbocycles. The van der Waals surface area contributed by atoms with Gasteiger partial charge in [0.05, 0.1) is 0 Å². The molecule has 0 unspecified atom stereocenters. The van der Waals surface area contributed by atoms with E-state index in [0.29, 0.717) is 31.0 Å². The van der Waals surface area contributed by atoms with Crippen molar-refractivity contribution in [3.8, 4) is 0 Å². The van der Waals surface area contributed by atoms with Gasteiger partial charge in [0, 0.05) is 35.8 Å². The minimum absolute atomic E-state index is 0.0260. The number of amides is 2. The van der Waals surface area contributed by atoms with Crippen LogP contribution in [0, 0.1) is 5.92 Å². The van der Waals surface area contributed by atoms with E-state index >= 15 is 0 Å². The molecule has 26 heavy (non-hydrogen) atoms. The smallest absolute Gasteiger partial charge is 0.246 e. The highest BCUT2D eigenvalue weighted by molar-refractivity contribution is 6.30. The highest BCUT2D eigenvalue weighted by atomic mass is 35.5. The molecule has 2 amide bonds. The minimum Gasteiger partial charge on any atom is -0.339 e. The SMILES string of the molecule is O=C(Nc1ccccc1)C1CCN(C(=O)C=Cc2ccc(Cl)cc2)CC1. The molecular formula is C21H21ClN2O2.